The smallest absolute Gasteiger partial charge is 0.108 e. The first-order chi connectivity index (χ1) is 4.75. The van der Waals surface area contributed by atoms with Crippen molar-refractivity contribution >= 4 is 0 Å². The zero-order valence-corrected chi connectivity index (χ0v) is 5.86. The molecule has 1 aromatic rings. The van der Waals surface area contributed by atoms with Crippen LogP contribution in [0.1, 0.15) is 11.8 Å². The highest BCUT2D eigenvalue weighted by Crippen LogP contribution is 2.07. The molecular weight excluding hydrogens is 130 g/mol. The summed E-state index contributed by atoms with van der Waals surface area (Å²) in [6.07, 6.45) is 1.04. The van der Waals surface area contributed by atoms with Gasteiger partial charge in [0.2, 0.25) is 0 Å². The first kappa shape index (κ1) is 7.24. The van der Waals surface area contributed by atoms with Crippen molar-refractivity contribution in [2.24, 2.45) is 12.8 Å². The van der Waals surface area contributed by atoms with E-state index in [-0.39, 0.29) is 6.54 Å². The molecule has 0 fully saturated rings. The lowest BCUT2D eigenvalue weighted by Crippen LogP contribution is -2.14. The molecule has 0 unspecified atom stereocenters. The van der Waals surface area contributed by atoms with E-state index in [2.05, 4.69) is 5.10 Å². The maximum absolute atomic E-state index is 9.21. The fraction of sp³-hybridized carbons (Fsp3) is 0.500. The van der Waals surface area contributed by atoms with Gasteiger partial charge in [0.05, 0.1) is 5.69 Å². The van der Waals surface area contributed by atoms with Crippen molar-refractivity contribution in [2.45, 2.75) is 6.10 Å². The SMILES string of the molecule is Cn1nccc1[C@H](O)CN. The van der Waals surface area contributed by atoms with Crippen molar-refractivity contribution in [2.75, 3.05) is 6.54 Å². The van der Waals surface area contributed by atoms with Crippen molar-refractivity contribution in [3.8, 4) is 0 Å². The summed E-state index contributed by atoms with van der Waals surface area (Å²) in [5.74, 6) is 0. The van der Waals surface area contributed by atoms with E-state index >= 15 is 0 Å². The largest absolute Gasteiger partial charge is 0.385 e. The summed E-state index contributed by atoms with van der Waals surface area (Å²) in [5, 5.41) is 13.1. The van der Waals surface area contributed by atoms with Crippen LogP contribution < -0.4 is 5.73 Å². The van der Waals surface area contributed by atoms with Gasteiger partial charge >= 0.3 is 0 Å². The lowest BCUT2D eigenvalue weighted by molar-refractivity contribution is 0.177. The first-order valence-corrected chi connectivity index (χ1v) is 3.11. The summed E-state index contributed by atoms with van der Waals surface area (Å²) in [6.45, 7) is 0.236. The zero-order valence-electron chi connectivity index (χ0n) is 5.86. The van der Waals surface area contributed by atoms with Crippen LogP contribution in [0.5, 0.6) is 0 Å². The van der Waals surface area contributed by atoms with Gasteiger partial charge in [-0.3, -0.25) is 4.68 Å². The highest BCUT2D eigenvalue weighted by molar-refractivity contribution is 5.03. The van der Waals surface area contributed by atoms with Crippen LogP contribution in [0.15, 0.2) is 12.3 Å². The molecule has 0 aliphatic rings. The molecule has 4 heteroatoms. The highest BCUT2D eigenvalue weighted by Gasteiger charge is 2.07. The third-order valence-electron chi connectivity index (χ3n) is 1.42. The van der Waals surface area contributed by atoms with E-state index < -0.39 is 6.10 Å². The predicted molar refractivity (Wildman–Crippen MR) is 37.2 cm³/mol. The van der Waals surface area contributed by atoms with Crippen LogP contribution in [-0.4, -0.2) is 21.4 Å². The van der Waals surface area contributed by atoms with E-state index in [9.17, 15) is 5.11 Å². The summed E-state index contributed by atoms with van der Waals surface area (Å²) < 4.78 is 1.61. The number of aryl methyl sites for hydroxylation is 1. The third kappa shape index (κ3) is 1.17. The zero-order chi connectivity index (χ0) is 7.56. The number of aliphatic hydroxyl groups is 1. The second kappa shape index (κ2) is 2.81. The van der Waals surface area contributed by atoms with Crippen LogP contribution >= 0.6 is 0 Å². The summed E-state index contributed by atoms with van der Waals surface area (Å²) >= 11 is 0. The van der Waals surface area contributed by atoms with Gasteiger partial charge in [0.25, 0.3) is 0 Å². The number of aromatic nitrogens is 2. The first-order valence-electron chi connectivity index (χ1n) is 3.11. The van der Waals surface area contributed by atoms with Crippen LogP contribution in [0.4, 0.5) is 0 Å². The van der Waals surface area contributed by atoms with Crippen LogP contribution in [0, 0.1) is 0 Å². The Labute approximate surface area is 59.3 Å². The number of nitrogens with zero attached hydrogens (tertiary/aromatic N) is 2. The normalized spacial score (nSPS) is 13.5. The maximum atomic E-state index is 9.21. The van der Waals surface area contributed by atoms with E-state index in [1.54, 1.807) is 24.0 Å². The minimum absolute atomic E-state index is 0.236. The second-order valence-corrected chi connectivity index (χ2v) is 2.13. The van der Waals surface area contributed by atoms with Crippen molar-refractivity contribution in [3.63, 3.8) is 0 Å². The average Bonchev–Trinajstić information content (AvgIpc) is 2.34. The average molecular weight is 141 g/mol. The van der Waals surface area contributed by atoms with E-state index in [0.717, 1.165) is 5.69 Å². The van der Waals surface area contributed by atoms with Gasteiger partial charge in [0.1, 0.15) is 6.10 Å². The topological polar surface area (TPSA) is 64.1 Å². The minimum Gasteiger partial charge on any atom is -0.385 e. The van der Waals surface area contributed by atoms with E-state index in [1.165, 1.54) is 0 Å². The van der Waals surface area contributed by atoms with Gasteiger partial charge in [-0.05, 0) is 6.07 Å². The Morgan fingerprint density at radius 3 is 3.00 bits per heavy atom. The van der Waals surface area contributed by atoms with E-state index in [4.69, 9.17) is 5.73 Å². The summed E-state index contributed by atoms with van der Waals surface area (Å²) in [7, 11) is 1.77. The Morgan fingerprint density at radius 2 is 2.60 bits per heavy atom. The van der Waals surface area contributed by atoms with Crippen LogP contribution in [0.25, 0.3) is 0 Å². The minimum atomic E-state index is -0.590. The molecule has 0 saturated heterocycles. The molecule has 0 aliphatic carbocycles. The van der Waals surface area contributed by atoms with Crippen molar-refractivity contribution in [3.05, 3.63) is 18.0 Å². The molecule has 0 amide bonds. The predicted octanol–water partition coefficient (Wildman–Crippen LogP) is -0.588. The molecule has 0 aromatic carbocycles. The molecule has 10 heavy (non-hydrogen) atoms. The highest BCUT2D eigenvalue weighted by atomic mass is 16.3. The Kier molecular flexibility index (Phi) is 2.03. The number of nitrogens with two attached hydrogens (primary N) is 1. The third-order valence-corrected chi connectivity index (χ3v) is 1.42. The Hall–Kier alpha value is -0.870. The molecule has 1 aromatic heterocycles. The fourth-order valence-corrected chi connectivity index (χ4v) is 0.832. The Balaban J connectivity index is 2.82. The quantitative estimate of drug-likeness (QED) is 0.578. The number of hydrogen-bond acceptors (Lipinski definition) is 3. The molecule has 1 rings (SSSR count). The summed E-state index contributed by atoms with van der Waals surface area (Å²) in [5.41, 5.74) is 5.99. The molecule has 3 N–H and O–H groups in total. The molecule has 56 valence electrons. The number of rotatable bonds is 2. The molecule has 0 aliphatic heterocycles. The summed E-state index contributed by atoms with van der Waals surface area (Å²) in [4.78, 5) is 0. The number of hydrogen-bond donors (Lipinski definition) is 2. The standard InChI is InChI=1S/C6H11N3O/c1-9-5(2-3-8-9)6(10)4-7/h2-3,6,10H,4,7H2,1H3/t6-/m1/s1. The van der Waals surface area contributed by atoms with E-state index in [1.807, 2.05) is 0 Å². The Bertz CT molecular complexity index is 209. The van der Waals surface area contributed by atoms with Crippen molar-refractivity contribution < 1.29 is 5.11 Å². The van der Waals surface area contributed by atoms with Crippen LogP contribution in [-0.2, 0) is 7.05 Å². The second-order valence-electron chi connectivity index (χ2n) is 2.13. The molecule has 0 saturated carbocycles. The van der Waals surface area contributed by atoms with Gasteiger partial charge in [0.15, 0.2) is 0 Å². The van der Waals surface area contributed by atoms with Crippen molar-refractivity contribution in [1.82, 2.24) is 9.78 Å². The summed E-state index contributed by atoms with van der Waals surface area (Å²) in [6, 6.07) is 1.75. The van der Waals surface area contributed by atoms with Crippen LogP contribution in [0.2, 0.25) is 0 Å². The number of aliphatic hydroxyl groups excluding tert-OH is 1. The van der Waals surface area contributed by atoms with Gasteiger partial charge in [-0.15, -0.1) is 0 Å². The molecule has 0 bridgehead atoms. The van der Waals surface area contributed by atoms with Gasteiger partial charge in [-0.25, -0.2) is 0 Å². The Morgan fingerprint density at radius 1 is 1.90 bits per heavy atom. The lowest BCUT2D eigenvalue weighted by atomic mass is 10.2. The van der Waals surface area contributed by atoms with Gasteiger partial charge < -0.3 is 10.8 Å². The van der Waals surface area contributed by atoms with Gasteiger partial charge in [-0.2, -0.15) is 5.10 Å². The van der Waals surface area contributed by atoms with Crippen molar-refractivity contribution in [1.29, 1.82) is 0 Å². The molecule has 0 spiro atoms. The lowest BCUT2D eigenvalue weighted by Gasteiger charge is -2.06. The molecule has 4 nitrogen and oxygen atoms in total. The monoisotopic (exact) mass is 141 g/mol. The maximum Gasteiger partial charge on any atom is 0.108 e. The molecular formula is C6H11N3O. The van der Waals surface area contributed by atoms with Gasteiger partial charge in [-0.1, -0.05) is 0 Å². The van der Waals surface area contributed by atoms with Gasteiger partial charge in [0, 0.05) is 19.8 Å². The van der Waals surface area contributed by atoms with E-state index in [0.29, 0.717) is 0 Å². The molecule has 1 heterocycles. The molecule has 1 atom stereocenters. The fourth-order valence-electron chi connectivity index (χ4n) is 0.832. The van der Waals surface area contributed by atoms with Crippen LogP contribution in [0.3, 0.4) is 0 Å². The molecule has 0 radical (unpaired) electrons.